The monoisotopic (exact) mass is 599 g/mol. The van der Waals surface area contributed by atoms with Gasteiger partial charge in [-0.2, -0.15) is 0 Å². The summed E-state index contributed by atoms with van der Waals surface area (Å²) in [6, 6.07) is 19.2. The Labute approximate surface area is 248 Å². The minimum Gasteiger partial charge on any atom is -0.495 e. The average molecular weight is 600 g/mol. The number of nitrogens with zero attached hydrogens (tertiary/aromatic N) is 2. The number of nitrogens with one attached hydrogen (secondary N) is 1. The van der Waals surface area contributed by atoms with Crippen molar-refractivity contribution in [3.05, 3.63) is 88.9 Å². The standard InChI is InChI=1S/C31H38ClN3O5S/c1-6-23(4)33-31(37)27(7-2)34(20-24-15-13-22(3)14-16-24)30(36)21-35(28-19-25(32)17-18-29(28)40-5)41(38,39)26-11-9-8-10-12-26/h8-19,23,27H,6-7,20-21H2,1-5H3,(H,33,37)/t23-,27+/m1/s1. The average Bonchev–Trinajstić information content (AvgIpc) is 2.96. The van der Waals surface area contributed by atoms with Crippen LogP contribution in [-0.4, -0.2) is 50.9 Å². The number of hydrogen-bond acceptors (Lipinski definition) is 5. The van der Waals surface area contributed by atoms with Crippen LogP contribution < -0.4 is 14.4 Å². The third-order valence-corrected chi connectivity index (χ3v) is 8.89. The van der Waals surface area contributed by atoms with E-state index in [1.54, 1.807) is 30.3 Å². The van der Waals surface area contributed by atoms with Crippen molar-refractivity contribution in [1.82, 2.24) is 10.2 Å². The second-order valence-electron chi connectivity index (χ2n) is 9.89. The molecule has 41 heavy (non-hydrogen) atoms. The second kappa shape index (κ2) is 14.4. The summed E-state index contributed by atoms with van der Waals surface area (Å²) in [5.74, 6) is -0.605. The third-order valence-electron chi connectivity index (χ3n) is 6.88. The number of aryl methyl sites for hydroxylation is 1. The first-order chi connectivity index (χ1) is 19.5. The van der Waals surface area contributed by atoms with Crippen LogP contribution in [0.5, 0.6) is 5.75 Å². The number of sulfonamides is 1. The fraction of sp³-hybridized carbons (Fsp3) is 0.355. The molecule has 0 radical (unpaired) electrons. The molecule has 10 heteroatoms. The predicted molar refractivity (Wildman–Crippen MR) is 163 cm³/mol. The van der Waals surface area contributed by atoms with E-state index in [0.717, 1.165) is 21.9 Å². The van der Waals surface area contributed by atoms with Crippen LogP contribution in [0.1, 0.15) is 44.7 Å². The van der Waals surface area contributed by atoms with E-state index in [1.165, 1.54) is 30.2 Å². The van der Waals surface area contributed by atoms with Crippen LogP contribution in [0.25, 0.3) is 0 Å². The van der Waals surface area contributed by atoms with Crippen LogP contribution in [0.3, 0.4) is 0 Å². The highest BCUT2D eigenvalue weighted by atomic mass is 35.5. The largest absolute Gasteiger partial charge is 0.495 e. The molecule has 0 fully saturated rings. The molecule has 0 aliphatic rings. The van der Waals surface area contributed by atoms with Crippen LogP contribution in [0, 0.1) is 6.92 Å². The lowest BCUT2D eigenvalue weighted by Crippen LogP contribution is -2.53. The highest BCUT2D eigenvalue weighted by Gasteiger charge is 2.35. The van der Waals surface area contributed by atoms with E-state index in [1.807, 2.05) is 52.0 Å². The molecule has 3 aromatic rings. The molecule has 0 aliphatic heterocycles. The van der Waals surface area contributed by atoms with Gasteiger partial charge < -0.3 is 15.0 Å². The van der Waals surface area contributed by atoms with Gasteiger partial charge in [0.1, 0.15) is 18.3 Å². The molecular weight excluding hydrogens is 562 g/mol. The Balaban J connectivity index is 2.11. The van der Waals surface area contributed by atoms with Gasteiger partial charge in [-0.1, -0.05) is 73.5 Å². The van der Waals surface area contributed by atoms with Crippen molar-refractivity contribution in [2.45, 2.75) is 64.1 Å². The van der Waals surface area contributed by atoms with E-state index in [2.05, 4.69) is 5.32 Å². The molecule has 2 atom stereocenters. The third kappa shape index (κ3) is 8.01. The topological polar surface area (TPSA) is 96.0 Å². The Kier molecular flexibility index (Phi) is 11.2. The van der Waals surface area contributed by atoms with Crippen LogP contribution >= 0.6 is 11.6 Å². The zero-order chi connectivity index (χ0) is 30.2. The minimum absolute atomic E-state index is 0.00136. The maximum atomic E-state index is 14.2. The second-order valence-corrected chi connectivity index (χ2v) is 12.2. The number of hydrogen-bond donors (Lipinski definition) is 1. The van der Waals surface area contributed by atoms with Crippen LogP contribution in [0.2, 0.25) is 5.02 Å². The quantitative estimate of drug-likeness (QED) is 0.277. The number of carbonyl (C=O) groups excluding carboxylic acids is 2. The van der Waals surface area contributed by atoms with Gasteiger partial charge >= 0.3 is 0 Å². The molecule has 8 nitrogen and oxygen atoms in total. The smallest absolute Gasteiger partial charge is 0.264 e. The van der Waals surface area contributed by atoms with Crippen molar-refractivity contribution in [2.75, 3.05) is 18.0 Å². The van der Waals surface area contributed by atoms with Crippen LogP contribution in [0.4, 0.5) is 5.69 Å². The lowest BCUT2D eigenvalue weighted by Gasteiger charge is -2.34. The lowest BCUT2D eigenvalue weighted by molar-refractivity contribution is -0.140. The molecule has 0 heterocycles. The number of halogens is 1. The molecule has 220 valence electrons. The maximum absolute atomic E-state index is 14.2. The SMILES string of the molecule is CC[C@@H](C)NC(=O)[C@H](CC)N(Cc1ccc(C)cc1)C(=O)CN(c1cc(Cl)ccc1OC)S(=O)(=O)c1ccccc1. The fourth-order valence-electron chi connectivity index (χ4n) is 4.34. The summed E-state index contributed by atoms with van der Waals surface area (Å²) in [7, 11) is -2.82. The fourth-order valence-corrected chi connectivity index (χ4v) is 5.95. The zero-order valence-electron chi connectivity index (χ0n) is 24.1. The van der Waals surface area contributed by atoms with Gasteiger partial charge in [0.2, 0.25) is 11.8 Å². The van der Waals surface area contributed by atoms with Gasteiger partial charge in [-0.25, -0.2) is 8.42 Å². The normalized spacial score (nSPS) is 12.7. The Morgan fingerprint density at radius 2 is 1.63 bits per heavy atom. The van der Waals surface area contributed by atoms with Crippen molar-refractivity contribution in [1.29, 1.82) is 0 Å². The number of methoxy groups -OCH3 is 1. The number of carbonyl (C=O) groups is 2. The summed E-state index contributed by atoms with van der Waals surface area (Å²) in [6.07, 6.45) is 1.07. The Hall–Kier alpha value is -3.56. The van der Waals surface area contributed by atoms with Crippen molar-refractivity contribution in [3.8, 4) is 5.75 Å². The van der Waals surface area contributed by atoms with E-state index in [0.29, 0.717) is 6.42 Å². The van der Waals surface area contributed by atoms with E-state index in [4.69, 9.17) is 16.3 Å². The van der Waals surface area contributed by atoms with Gasteiger partial charge in [0.25, 0.3) is 10.0 Å². The van der Waals surface area contributed by atoms with E-state index < -0.39 is 28.5 Å². The molecule has 0 bridgehead atoms. The van der Waals surface area contributed by atoms with Gasteiger partial charge in [-0.15, -0.1) is 0 Å². The summed E-state index contributed by atoms with van der Waals surface area (Å²) in [5, 5.41) is 3.25. The number of anilines is 1. The molecule has 3 rings (SSSR count). The molecule has 0 aromatic heterocycles. The Morgan fingerprint density at radius 1 is 0.976 bits per heavy atom. The number of amides is 2. The molecule has 0 saturated carbocycles. The molecule has 0 spiro atoms. The summed E-state index contributed by atoms with van der Waals surface area (Å²) in [6.45, 7) is 7.20. The van der Waals surface area contributed by atoms with Crippen molar-refractivity contribution < 1.29 is 22.7 Å². The van der Waals surface area contributed by atoms with E-state index in [9.17, 15) is 18.0 Å². The molecule has 3 aromatic carbocycles. The van der Waals surface area contributed by atoms with Crippen molar-refractivity contribution >= 4 is 39.1 Å². The first kappa shape index (κ1) is 32.0. The predicted octanol–water partition coefficient (Wildman–Crippen LogP) is 5.57. The zero-order valence-corrected chi connectivity index (χ0v) is 25.7. The van der Waals surface area contributed by atoms with Crippen molar-refractivity contribution in [2.24, 2.45) is 0 Å². The summed E-state index contributed by atoms with van der Waals surface area (Å²) >= 11 is 6.28. The lowest BCUT2D eigenvalue weighted by atomic mass is 10.1. The van der Waals surface area contributed by atoms with Crippen molar-refractivity contribution in [3.63, 3.8) is 0 Å². The molecule has 0 unspecified atom stereocenters. The first-order valence-electron chi connectivity index (χ1n) is 13.6. The molecule has 0 aliphatic carbocycles. The van der Waals surface area contributed by atoms with E-state index >= 15 is 0 Å². The highest BCUT2D eigenvalue weighted by molar-refractivity contribution is 7.92. The molecule has 2 amide bonds. The van der Waals surface area contributed by atoms with Gasteiger partial charge in [-0.3, -0.25) is 13.9 Å². The van der Waals surface area contributed by atoms with Gasteiger partial charge in [-0.05, 0) is 62.6 Å². The first-order valence-corrected chi connectivity index (χ1v) is 15.4. The van der Waals surface area contributed by atoms with Crippen LogP contribution in [-0.2, 0) is 26.2 Å². The Morgan fingerprint density at radius 3 is 2.22 bits per heavy atom. The van der Waals surface area contributed by atoms with Gasteiger partial charge in [0.15, 0.2) is 0 Å². The van der Waals surface area contributed by atoms with Gasteiger partial charge in [0.05, 0.1) is 17.7 Å². The minimum atomic E-state index is -4.24. The number of ether oxygens (including phenoxy) is 1. The molecule has 0 saturated heterocycles. The highest BCUT2D eigenvalue weighted by Crippen LogP contribution is 2.35. The summed E-state index contributed by atoms with van der Waals surface area (Å²) in [5.41, 5.74) is 1.99. The van der Waals surface area contributed by atoms with E-state index in [-0.39, 0.29) is 39.8 Å². The summed E-state index contributed by atoms with van der Waals surface area (Å²) < 4.78 is 34.5. The van der Waals surface area contributed by atoms with Gasteiger partial charge in [0, 0.05) is 17.6 Å². The number of benzene rings is 3. The Bertz CT molecular complexity index is 1430. The molecular formula is C31H38ClN3O5S. The molecule has 1 N–H and O–H groups in total. The van der Waals surface area contributed by atoms with Crippen LogP contribution in [0.15, 0.2) is 77.7 Å². The maximum Gasteiger partial charge on any atom is 0.264 e. The summed E-state index contributed by atoms with van der Waals surface area (Å²) in [4.78, 5) is 29.0. The number of rotatable bonds is 13.